The Morgan fingerprint density at radius 3 is 2.95 bits per heavy atom. The fraction of sp³-hybridized carbons (Fsp3) is 0.429. The lowest BCUT2D eigenvalue weighted by atomic mass is 10.00. The van der Waals surface area contributed by atoms with Crippen molar-refractivity contribution in [3.8, 4) is 0 Å². The summed E-state index contributed by atoms with van der Waals surface area (Å²) in [6.07, 6.45) is 0.542. The van der Waals surface area contributed by atoms with E-state index in [2.05, 4.69) is 5.32 Å². The van der Waals surface area contributed by atoms with Crippen LogP contribution in [0.3, 0.4) is 0 Å². The summed E-state index contributed by atoms with van der Waals surface area (Å²) in [5.74, 6) is -0.191. The smallest absolute Gasteiger partial charge is 0.303 e. The van der Waals surface area contributed by atoms with Gasteiger partial charge in [0, 0.05) is 23.1 Å². The molecular formula is C14H17NO3S. The lowest BCUT2D eigenvalue weighted by Crippen LogP contribution is -2.36. The summed E-state index contributed by atoms with van der Waals surface area (Å²) in [7, 11) is 0. The number of nitrogens with one attached hydrogen (secondary N) is 1. The standard InChI is InChI=1S/C14H17NO3S/c1-9(6-7-13(16)17)15-14(18)11-8-19-12-5-3-2-4-10(11)12/h2-5,9,11H,6-8H2,1H3,(H,15,18)(H,16,17). The molecule has 0 spiro atoms. The first kappa shape index (κ1) is 13.9. The first-order chi connectivity index (χ1) is 9.08. The fourth-order valence-corrected chi connectivity index (χ4v) is 3.36. The van der Waals surface area contributed by atoms with Crippen LogP contribution in [0.1, 0.15) is 31.2 Å². The highest BCUT2D eigenvalue weighted by atomic mass is 32.2. The minimum absolute atomic E-state index is 0.00432. The summed E-state index contributed by atoms with van der Waals surface area (Å²) in [5.41, 5.74) is 1.08. The second-order valence-corrected chi connectivity index (χ2v) is 5.81. The van der Waals surface area contributed by atoms with Crippen LogP contribution in [-0.2, 0) is 9.59 Å². The third kappa shape index (κ3) is 3.50. The highest BCUT2D eigenvalue weighted by molar-refractivity contribution is 7.99. The number of benzene rings is 1. The molecule has 0 aromatic heterocycles. The van der Waals surface area contributed by atoms with Crippen LogP contribution in [0.4, 0.5) is 0 Å². The SMILES string of the molecule is CC(CCC(=O)O)NC(=O)C1CSc2ccccc21. The van der Waals surface area contributed by atoms with E-state index in [-0.39, 0.29) is 24.3 Å². The molecule has 2 N–H and O–H groups in total. The summed E-state index contributed by atoms with van der Waals surface area (Å²) in [5, 5.41) is 11.5. The van der Waals surface area contributed by atoms with Gasteiger partial charge in [0.2, 0.25) is 5.91 Å². The van der Waals surface area contributed by atoms with Gasteiger partial charge in [0.15, 0.2) is 0 Å². The van der Waals surface area contributed by atoms with E-state index in [0.717, 1.165) is 11.3 Å². The summed E-state index contributed by atoms with van der Waals surface area (Å²) in [6, 6.07) is 7.82. The van der Waals surface area contributed by atoms with Gasteiger partial charge in [-0.25, -0.2) is 0 Å². The van der Waals surface area contributed by atoms with E-state index in [4.69, 9.17) is 5.11 Å². The van der Waals surface area contributed by atoms with Crippen molar-refractivity contribution in [2.75, 3.05) is 5.75 Å². The number of carboxylic acids is 1. The van der Waals surface area contributed by atoms with Gasteiger partial charge in [0.05, 0.1) is 5.92 Å². The highest BCUT2D eigenvalue weighted by Crippen LogP contribution is 2.39. The van der Waals surface area contributed by atoms with Crippen molar-refractivity contribution < 1.29 is 14.7 Å². The molecule has 4 nitrogen and oxygen atoms in total. The number of amides is 1. The molecular weight excluding hydrogens is 262 g/mol. The molecule has 1 aliphatic heterocycles. The number of carbonyl (C=O) groups excluding carboxylic acids is 1. The summed E-state index contributed by atoms with van der Waals surface area (Å²) in [6.45, 7) is 1.84. The first-order valence-corrected chi connectivity index (χ1v) is 7.30. The number of hydrogen-bond donors (Lipinski definition) is 2. The van der Waals surface area contributed by atoms with Gasteiger partial charge in [-0.3, -0.25) is 9.59 Å². The Balaban J connectivity index is 1.93. The number of fused-ring (bicyclic) bond motifs is 1. The van der Waals surface area contributed by atoms with Crippen LogP contribution in [0.15, 0.2) is 29.2 Å². The Morgan fingerprint density at radius 2 is 2.21 bits per heavy atom. The molecule has 1 aliphatic rings. The quantitative estimate of drug-likeness (QED) is 0.867. The van der Waals surface area contributed by atoms with E-state index < -0.39 is 5.97 Å². The zero-order valence-corrected chi connectivity index (χ0v) is 11.6. The van der Waals surface area contributed by atoms with E-state index in [0.29, 0.717) is 6.42 Å². The number of rotatable bonds is 5. The van der Waals surface area contributed by atoms with Gasteiger partial charge >= 0.3 is 5.97 Å². The van der Waals surface area contributed by atoms with Gasteiger partial charge < -0.3 is 10.4 Å². The molecule has 0 bridgehead atoms. The topological polar surface area (TPSA) is 66.4 Å². The number of carbonyl (C=O) groups is 2. The van der Waals surface area contributed by atoms with Gasteiger partial charge in [0.25, 0.3) is 0 Å². The van der Waals surface area contributed by atoms with Gasteiger partial charge in [-0.1, -0.05) is 18.2 Å². The van der Waals surface area contributed by atoms with Crippen LogP contribution in [0, 0.1) is 0 Å². The molecule has 2 rings (SSSR count). The molecule has 1 aromatic carbocycles. The second kappa shape index (κ2) is 6.10. The minimum atomic E-state index is -0.831. The lowest BCUT2D eigenvalue weighted by Gasteiger charge is -2.16. The predicted octanol–water partition coefficient (Wildman–Crippen LogP) is 2.25. The van der Waals surface area contributed by atoms with E-state index in [1.807, 2.05) is 31.2 Å². The average Bonchev–Trinajstić information content (AvgIpc) is 2.80. The maximum absolute atomic E-state index is 12.2. The zero-order chi connectivity index (χ0) is 13.8. The molecule has 0 fully saturated rings. The van der Waals surface area contributed by atoms with Gasteiger partial charge in [-0.2, -0.15) is 0 Å². The van der Waals surface area contributed by atoms with Crippen LogP contribution in [-0.4, -0.2) is 28.8 Å². The Kier molecular flexibility index (Phi) is 4.47. The third-order valence-corrected chi connectivity index (χ3v) is 4.38. The second-order valence-electron chi connectivity index (χ2n) is 4.74. The number of thioether (sulfide) groups is 1. The van der Waals surface area contributed by atoms with Crippen molar-refractivity contribution in [3.63, 3.8) is 0 Å². The van der Waals surface area contributed by atoms with Crippen LogP contribution in [0.25, 0.3) is 0 Å². The minimum Gasteiger partial charge on any atom is -0.481 e. The Hall–Kier alpha value is -1.49. The van der Waals surface area contributed by atoms with Crippen LogP contribution in [0.5, 0.6) is 0 Å². The molecule has 19 heavy (non-hydrogen) atoms. The average molecular weight is 279 g/mol. The molecule has 0 radical (unpaired) electrons. The Labute approximate surface area is 116 Å². The summed E-state index contributed by atoms with van der Waals surface area (Å²) < 4.78 is 0. The van der Waals surface area contributed by atoms with Crippen molar-refractivity contribution in [2.45, 2.75) is 36.6 Å². The maximum Gasteiger partial charge on any atom is 0.303 e. The van der Waals surface area contributed by atoms with Crippen LogP contribution < -0.4 is 5.32 Å². The lowest BCUT2D eigenvalue weighted by molar-refractivity contribution is -0.137. The number of aliphatic carboxylic acids is 1. The fourth-order valence-electron chi connectivity index (χ4n) is 2.14. The maximum atomic E-state index is 12.2. The molecule has 0 saturated heterocycles. The molecule has 1 heterocycles. The number of carboxylic acid groups (broad SMARTS) is 1. The monoisotopic (exact) mass is 279 g/mol. The van der Waals surface area contributed by atoms with Gasteiger partial charge in [-0.15, -0.1) is 11.8 Å². The predicted molar refractivity (Wildman–Crippen MR) is 74.4 cm³/mol. The highest BCUT2D eigenvalue weighted by Gasteiger charge is 2.29. The summed E-state index contributed by atoms with van der Waals surface area (Å²) in [4.78, 5) is 23.9. The molecule has 0 saturated carbocycles. The van der Waals surface area contributed by atoms with Crippen molar-refractivity contribution in [2.24, 2.45) is 0 Å². The van der Waals surface area contributed by atoms with E-state index in [1.54, 1.807) is 11.8 Å². The molecule has 2 atom stereocenters. The molecule has 0 aliphatic carbocycles. The summed E-state index contributed by atoms with van der Waals surface area (Å²) >= 11 is 1.69. The third-order valence-electron chi connectivity index (χ3n) is 3.20. The van der Waals surface area contributed by atoms with Crippen molar-refractivity contribution in [3.05, 3.63) is 29.8 Å². The largest absolute Gasteiger partial charge is 0.481 e. The molecule has 1 amide bonds. The van der Waals surface area contributed by atoms with Crippen molar-refractivity contribution in [1.82, 2.24) is 5.32 Å². The van der Waals surface area contributed by atoms with Crippen LogP contribution >= 0.6 is 11.8 Å². The Bertz CT molecular complexity index is 489. The van der Waals surface area contributed by atoms with E-state index in [1.165, 1.54) is 4.90 Å². The Morgan fingerprint density at radius 1 is 1.47 bits per heavy atom. The molecule has 1 aromatic rings. The van der Waals surface area contributed by atoms with Gasteiger partial charge in [-0.05, 0) is 25.0 Å². The van der Waals surface area contributed by atoms with E-state index >= 15 is 0 Å². The van der Waals surface area contributed by atoms with Crippen molar-refractivity contribution >= 4 is 23.6 Å². The molecule has 2 unspecified atom stereocenters. The van der Waals surface area contributed by atoms with Crippen LogP contribution in [0.2, 0.25) is 0 Å². The molecule has 5 heteroatoms. The van der Waals surface area contributed by atoms with Gasteiger partial charge in [0.1, 0.15) is 0 Å². The number of hydrogen-bond acceptors (Lipinski definition) is 3. The van der Waals surface area contributed by atoms with E-state index in [9.17, 15) is 9.59 Å². The first-order valence-electron chi connectivity index (χ1n) is 6.32. The normalized spacial score (nSPS) is 18.7. The van der Waals surface area contributed by atoms with Crippen molar-refractivity contribution in [1.29, 1.82) is 0 Å². The zero-order valence-electron chi connectivity index (χ0n) is 10.8. The molecule has 102 valence electrons.